The third kappa shape index (κ3) is 15.8. The van der Waals surface area contributed by atoms with Gasteiger partial charge in [-0.25, -0.2) is 9.37 Å². The lowest BCUT2D eigenvalue weighted by Crippen LogP contribution is -2.52. The molecule has 4 aromatic rings. The van der Waals surface area contributed by atoms with Gasteiger partial charge < -0.3 is 56.4 Å². The second kappa shape index (κ2) is 26.7. The Morgan fingerprint density at radius 1 is 0.938 bits per heavy atom. The van der Waals surface area contributed by atoms with Crippen LogP contribution in [-0.2, 0) is 36.9 Å². The van der Waals surface area contributed by atoms with E-state index in [0.29, 0.717) is 42.8 Å². The summed E-state index contributed by atoms with van der Waals surface area (Å²) in [6.07, 6.45) is 5.53. The number of thiazole rings is 1. The van der Waals surface area contributed by atoms with E-state index in [-0.39, 0.29) is 74.2 Å². The van der Waals surface area contributed by atoms with Gasteiger partial charge in [-0.3, -0.25) is 39.0 Å². The van der Waals surface area contributed by atoms with Crippen LogP contribution in [0.5, 0.6) is 11.5 Å². The molecule has 2 heterocycles. The summed E-state index contributed by atoms with van der Waals surface area (Å²) in [5.74, 6) is -4.66. The molecule has 0 spiro atoms. The predicted molar refractivity (Wildman–Crippen MR) is 303 cm³/mol. The van der Waals surface area contributed by atoms with Crippen LogP contribution in [0.3, 0.4) is 0 Å². The van der Waals surface area contributed by atoms with Crippen molar-refractivity contribution in [2.24, 2.45) is 11.3 Å². The predicted octanol–water partition coefficient (Wildman–Crippen LogP) is 5.98. The molecule has 2 aliphatic carbocycles. The lowest BCUT2D eigenvalue weighted by molar-refractivity contribution is -0.145. The van der Waals surface area contributed by atoms with Crippen LogP contribution in [0.1, 0.15) is 133 Å². The first kappa shape index (κ1) is 60.9. The zero-order valence-corrected chi connectivity index (χ0v) is 47.5. The number of phenolic OH excluding ortho intramolecular Hbond substituents is 1. The van der Waals surface area contributed by atoms with Gasteiger partial charge in [0.05, 0.1) is 39.7 Å². The van der Waals surface area contributed by atoms with E-state index in [9.17, 15) is 53.3 Å². The molecule has 3 aromatic carbocycles. The number of aromatic hydroxyl groups is 1. The number of aliphatic hydroxyl groups excluding tert-OH is 2. The van der Waals surface area contributed by atoms with Crippen LogP contribution in [0.25, 0.3) is 16.2 Å². The minimum absolute atomic E-state index is 0.00579. The van der Waals surface area contributed by atoms with Crippen molar-refractivity contribution in [1.82, 2.24) is 41.4 Å². The molecule has 7 amide bonds. The number of aliphatic hydroxyl groups is 2. The molecule has 2 fully saturated rings. The van der Waals surface area contributed by atoms with E-state index >= 15 is 0 Å². The molecule has 4 atom stereocenters. The number of likely N-dealkylation sites (tertiary alicyclic amines) is 1. The summed E-state index contributed by atoms with van der Waals surface area (Å²) >= 11 is 1.45. The quantitative estimate of drug-likeness (QED) is 0.0210. The molecule has 81 heavy (non-hydrogen) atoms. The number of benzene rings is 3. The van der Waals surface area contributed by atoms with Gasteiger partial charge in [0, 0.05) is 76.0 Å². The second-order valence-electron chi connectivity index (χ2n) is 22.3. The molecule has 0 bridgehead atoms. The van der Waals surface area contributed by atoms with Gasteiger partial charge >= 0.3 is 0 Å². The Morgan fingerprint density at radius 3 is 2.31 bits per heavy atom. The topological polar surface area (TPSA) is 293 Å². The van der Waals surface area contributed by atoms with E-state index in [0.717, 1.165) is 65.4 Å². The van der Waals surface area contributed by atoms with E-state index in [2.05, 4.69) is 31.6 Å². The molecule has 1 unspecified atom stereocenters. The molecular formula is C59H74FN9O11S. The largest absolute Gasteiger partial charge is 0.507 e. The lowest BCUT2D eigenvalue weighted by atomic mass is 9.79. The summed E-state index contributed by atoms with van der Waals surface area (Å²) in [4.78, 5) is 99.7. The van der Waals surface area contributed by atoms with Crippen molar-refractivity contribution < 1.29 is 58.0 Å². The third-order valence-electron chi connectivity index (χ3n) is 14.9. The van der Waals surface area contributed by atoms with Crippen molar-refractivity contribution in [2.45, 2.75) is 122 Å². The third-order valence-corrected chi connectivity index (χ3v) is 15.8. The van der Waals surface area contributed by atoms with Gasteiger partial charge in [-0.1, -0.05) is 64.3 Å². The van der Waals surface area contributed by atoms with Gasteiger partial charge in [-0.05, 0) is 97.9 Å². The van der Waals surface area contributed by atoms with Crippen LogP contribution in [0, 0.1) is 23.7 Å². The van der Waals surface area contributed by atoms with Crippen LogP contribution in [0.4, 0.5) is 4.39 Å². The number of hydrogen-bond acceptors (Lipinski definition) is 14. The number of rotatable bonds is 25. The molecule has 9 N–H and O–H groups in total. The Kier molecular flexibility index (Phi) is 20.1. The van der Waals surface area contributed by atoms with E-state index in [4.69, 9.17) is 10.1 Å². The van der Waals surface area contributed by atoms with Gasteiger partial charge in [0.15, 0.2) is 12.3 Å². The van der Waals surface area contributed by atoms with Crippen LogP contribution in [0.2, 0.25) is 0 Å². The van der Waals surface area contributed by atoms with Crippen molar-refractivity contribution in [3.63, 3.8) is 0 Å². The number of nitrogens with zero attached hydrogens (tertiary/aromatic N) is 3. The van der Waals surface area contributed by atoms with Gasteiger partial charge in [-0.15, -0.1) is 11.3 Å². The molecule has 0 radical (unpaired) electrons. The van der Waals surface area contributed by atoms with Gasteiger partial charge in [0.2, 0.25) is 11.8 Å². The molecule has 434 valence electrons. The lowest BCUT2D eigenvalue weighted by Gasteiger charge is -2.35. The van der Waals surface area contributed by atoms with Gasteiger partial charge in [0.25, 0.3) is 29.5 Å². The molecule has 7 rings (SSSR count). The number of unbranched alkanes of at least 4 members (excludes halogenated alkanes) is 4. The number of fused-ring (bicyclic) bond motifs is 1. The van der Waals surface area contributed by atoms with Crippen LogP contribution in [-0.4, -0.2) is 142 Å². The Balaban J connectivity index is 0.823. The normalized spacial score (nSPS) is 17.6. The highest BCUT2D eigenvalue weighted by atomic mass is 32.1. The number of hydrogen-bond donors (Lipinski definition) is 9. The molecule has 1 aromatic heterocycles. The number of ether oxygens (including phenoxy) is 1. The zero-order chi connectivity index (χ0) is 58.8. The average molecular weight is 1140 g/mol. The SMILES string of the molecule is Cc1ncsc1-c1ccc(CNC(=O)[C@@H]2C[C@@H](O)CN2C(=O)C(CNC(=O)C2(F)CC2)C(C)(C)C)c(OCC(=O)NCCCCCCCNC(=O)c2ccc3c(c2)[C@H](NC(=O)C(=N)/C=C(\O)c2ccc(C(=O)N(C)C)c(O)c2)CC3)c1. The minimum atomic E-state index is -1.91. The number of halogens is 1. The van der Waals surface area contributed by atoms with Crippen LogP contribution in [0.15, 0.2) is 66.2 Å². The van der Waals surface area contributed by atoms with E-state index in [1.807, 2.05) is 39.8 Å². The monoisotopic (exact) mass is 1140 g/mol. The highest BCUT2D eigenvalue weighted by molar-refractivity contribution is 7.13. The first-order valence-corrected chi connectivity index (χ1v) is 28.2. The van der Waals surface area contributed by atoms with E-state index in [1.165, 1.54) is 53.4 Å². The Labute approximate surface area is 474 Å². The first-order valence-electron chi connectivity index (χ1n) is 27.4. The molecule has 3 aliphatic rings. The Hall–Kier alpha value is -7.72. The number of carbonyl (C=O) groups is 7. The van der Waals surface area contributed by atoms with Crippen molar-refractivity contribution >= 4 is 64.2 Å². The summed E-state index contributed by atoms with van der Waals surface area (Å²) in [6.45, 7) is 7.73. The fourth-order valence-electron chi connectivity index (χ4n) is 9.85. The minimum Gasteiger partial charge on any atom is -0.507 e. The molecule has 1 saturated carbocycles. The van der Waals surface area contributed by atoms with Crippen molar-refractivity contribution in [3.8, 4) is 21.9 Å². The number of alkyl halides is 1. The van der Waals surface area contributed by atoms with Gasteiger partial charge in [0.1, 0.15) is 29.0 Å². The molecule has 20 nitrogen and oxygen atoms in total. The van der Waals surface area contributed by atoms with E-state index < -0.39 is 76.2 Å². The summed E-state index contributed by atoms with van der Waals surface area (Å²) in [5.41, 5.74) is 3.19. The molecule has 1 aliphatic heterocycles. The Morgan fingerprint density at radius 2 is 1.64 bits per heavy atom. The summed E-state index contributed by atoms with van der Waals surface area (Å²) < 4.78 is 20.5. The second-order valence-corrected chi connectivity index (χ2v) is 23.2. The fraction of sp³-hybridized carbons (Fsp3) is 0.475. The van der Waals surface area contributed by atoms with Crippen LogP contribution < -0.4 is 31.3 Å². The summed E-state index contributed by atoms with van der Waals surface area (Å²) in [7, 11) is 3.08. The van der Waals surface area contributed by atoms with Crippen molar-refractivity contribution in [2.75, 3.05) is 46.9 Å². The van der Waals surface area contributed by atoms with Crippen molar-refractivity contribution in [1.29, 1.82) is 5.41 Å². The maximum Gasteiger partial charge on any atom is 0.269 e. The number of phenols is 1. The number of β-amino-alcohol motifs (C(OH)–C–C–N with tert-alkyl or cyclic N) is 1. The maximum absolute atomic E-state index is 14.4. The standard InChI is InChI=1S/C59H74FN9O11S/c1-34-51(81-33-66-34)37-13-15-39(29-64-54(76)46-27-40(70)31-69(46)56(78)43(58(2,3)4)30-65-57(79)59(60)20-21-59)49(26-37)80-32-50(73)62-22-10-8-7-9-11-23-63-52(74)38-14-12-35-17-19-45(42(35)24-38)67-53(75)44(61)28-47(71)36-16-18-41(48(72)25-36)55(77)68(5)6/h12-16,18,24-26,28,33,40,43,45-46,61,70-72H,7-11,17,19-23,27,29-32H2,1-6H3,(H,62,73)(H,63,74)(H,64,76)(H,65,79)(H,67,75)/b47-28-,61-44?/t40-,43?,45-,46+/m1/s1. The first-order chi connectivity index (χ1) is 38.4. The van der Waals surface area contributed by atoms with Crippen LogP contribution >= 0.6 is 11.3 Å². The molecule has 1 saturated heterocycles. The Bertz CT molecular complexity index is 3060. The molecule has 22 heteroatoms. The summed E-state index contributed by atoms with van der Waals surface area (Å²) in [5, 5.41) is 54.1. The summed E-state index contributed by atoms with van der Waals surface area (Å²) in [6, 6.07) is 13.3. The highest BCUT2D eigenvalue weighted by Crippen LogP contribution is 2.40. The number of aromatic nitrogens is 1. The number of carbonyl (C=O) groups excluding carboxylic acids is 7. The fourth-order valence-corrected chi connectivity index (χ4v) is 10.7. The highest BCUT2D eigenvalue weighted by Gasteiger charge is 2.51. The number of amides is 7. The number of aryl methyl sites for hydroxylation is 2. The van der Waals surface area contributed by atoms with E-state index in [1.54, 1.807) is 29.8 Å². The maximum atomic E-state index is 14.4. The zero-order valence-electron chi connectivity index (χ0n) is 46.7. The number of nitrogens with one attached hydrogen (secondary N) is 6. The van der Waals surface area contributed by atoms with Crippen molar-refractivity contribution in [3.05, 3.63) is 105 Å². The van der Waals surface area contributed by atoms with Gasteiger partial charge in [-0.2, -0.15) is 0 Å². The molecular weight excluding hydrogens is 1060 g/mol. The average Bonchev–Trinajstić information content (AvgIpc) is 3.93. The smallest absolute Gasteiger partial charge is 0.269 e.